The Balaban J connectivity index is 2.02. The monoisotopic (exact) mass is 283 g/mol. The standard InChI is InChI=1S/C13H15F2N3O2/c1-8-6-11(12(14)15)17-18(8)9(2)13(19)16-7-10-4-3-5-20-10/h3-6,9,12H,7H2,1-2H3,(H,16,19). The van der Waals surface area contributed by atoms with Gasteiger partial charge in [-0.2, -0.15) is 5.10 Å². The third-order valence-electron chi connectivity index (χ3n) is 2.93. The van der Waals surface area contributed by atoms with Crippen LogP contribution in [0.5, 0.6) is 0 Å². The van der Waals surface area contributed by atoms with E-state index in [1.54, 1.807) is 26.0 Å². The van der Waals surface area contributed by atoms with Crippen LogP contribution in [0.4, 0.5) is 8.78 Å². The number of amides is 1. The van der Waals surface area contributed by atoms with Crippen molar-refractivity contribution < 1.29 is 18.0 Å². The molecule has 1 unspecified atom stereocenters. The quantitative estimate of drug-likeness (QED) is 0.917. The first-order chi connectivity index (χ1) is 9.49. The maximum Gasteiger partial charge on any atom is 0.282 e. The van der Waals surface area contributed by atoms with Gasteiger partial charge in [-0.05, 0) is 32.0 Å². The second-order valence-electron chi connectivity index (χ2n) is 4.43. The van der Waals surface area contributed by atoms with Crippen molar-refractivity contribution >= 4 is 5.91 Å². The zero-order valence-electron chi connectivity index (χ0n) is 11.1. The molecule has 2 aromatic heterocycles. The lowest BCUT2D eigenvalue weighted by Crippen LogP contribution is -2.31. The van der Waals surface area contributed by atoms with Crippen molar-refractivity contribution in [1.29, 1.82) is 0 Å². The van der Waals surface area contributed by atoms with Crippen LogP contribution in [0.2, 0.25) is 0 Å². The van der Waals surface area contributed by atoms with E-state index in [4.69, 9.17) is 4.42 Å². The molecule has 1 atom stereocenters. The Kier molecular flexibility index (Phi) is 4.16. The van der Waals surface area contributed by atoms with Gasteiger partial charge in [-0.1, -0.05) is 0 Å². The fourth-order valence-electron chi connectivity index (χ4n) is 1.86. The summed E-state index contributed by atoms with van der Waals surface area (Å²) in [5, 5.41) is 6.43. The first-order valence-electron chi connectivity index (χ1n) is 6.13. The summed E-state index contributed by atoms with van der Waals surface area (Å²) in [4.78, 5) is 12.0. The topological polar surface area (TPSA) is 60.1 Å². The van der Waals surface area contributed by atoms with Gasteiger partial charge in [0.25, 0.3) is 6.43 Å². The summed E-state index contributed by atoms with van der Waals surface area (Å²) < 4.78 is 31.5. The average molecular weight is 283 g/mol. The number of carbonyl (C=O) groups is 1. The molecule has 0 saturated heterocycles. The summed E-state index contributed by atoms with van der Waals surface area (Å²) in [5.41, 5.74) is 0.189. The zero-order chi connectivity index (χ0) is 14.7. The Morgan fingerprint density at radius 1 is 1.55 bits per heavy atom. The highest BCUT2D eigenvalue weighted by Gasteiger charge is 2.21. The first kappa shape index (κ1) is 14.2. The summed E-state index contributed by atoms with van der Waals surface area (Å²) in [5.74, 6) is 0.310. The molecule has 2 aromatic rings. The highest BCUT2D eigenvalue weighted by atomic mass is 19.3. The van der Waals surface area contributed by atoms with Gasteiger partial charge in [0.15, 0.2) is 0 Å². The van der Waals surface area contributed by atoms with Gasteiger partial charge in [0.2, 0.25) is 5.91 Å². The summed E-state index contributed by atoms with van der Waals surface area (Å²) in [6.07, 6.45) is -1.13. The minimum Gasteiger partial charge on any atom is -0.467 e. The number of aromatic nitrogens is 2. The third-order valence-corrected chi connectivity index (χ3v) is 2.93. The van der Waals surface area contributed by atoms with E-state index in [0.29, 0.717) is 11.5 Å². The molecule has 0 saturated carbocycles. The van der Waals surface area contributed by atoms with Gasteiger partial charge >= 0.3 is 0 Å². The van der Waals surface area contributed by atoms with Crippen LogP contribution < -0.4 is 5.32 Å². The van der Waals surface area contributed by atoms with E-state index in [1.807, 2.05) is 0 Å². The molecule has 1 N–H and O–H groups in total. The first-order valence-corrected chi connectivity index (χ1v) is 6.13. The van der Waals surface area contributed by atoms with Gasteiger partial charge in [-0.3, -0.25) is 9.48 Å². The van der Waals surface area contributed by atoms with Crippen LogP contribution in [0.1, 0.15) is 36.5 Å². The van der Waals surface area contributed by atoms with E-state index in [0.717, 1.165) is 0 Å². The molecule has 0 fully saturated rings. The highest BCUT2D eigenvalue weighted by Crippen LogP contribution is 2.20. The van der Waals surface area contributed by atoms with Crippen molar-refractivity contribution in [3.05, 3.63) is 41.6 Å². The Bertz CT molecular complexity index is 578. The number of nitrogens with one attached hydrogen (secondary N) is 1. The van der Waals surface area contributed by atoms with E-state index in [1.165, 1.54) is 17.0 Å². The highest BCUT2D eigenvalue weighted by molar-refractivity contribution is 5.79. The van der Waals surface area contributed by atoms with Gasteiger partial charge in [-0.15, -0.1) is 0 Å². The van der Waals surface area contributed by atoms with Crippen molar-refractivity contribution in [1.82, 2.24) is 15.1 Å². The van der Waals surface area contributed by atoms with E-state index < -0.39 is 12.5 Å². The van der Waals surface area contributed by atoms with E-state index in [9.17, 15) is 13.6 Å². The molecule has 20 heavy (non-hydrogen) atoms. The summed E-state index contributed by atoms with van der Waals surface area (Å²) >= 11 is 0. The fourth-order valence-corrected chi connectivity index (χ4v) is 1.86. The van der Waals surface area contributed by atoms with Crippen molar-refractivity contribution in [2.75, 3.05) is 0 Å². The van der Waals surface area contributed by atoms with Crippen LogP contribution in [-0.4, -0.2) is 15.7 Å². The molecular weight excluding hydrogens is 268 g/mol. The number of hydrogen-bond donors (Lipinski definition) is 1. The number of nitrogens with zero attached hydrogens (tertiary/aromatic N) is 2. The Morgan fingerprint density at radius 2 is 2.30 bits per heavy atom. The normalized spacial score (nSPS) is 12.7. The lowest BCUT2D eigenvalue weighted by Gasteiger charge is -2.13. The second-order valence-corrected chi connectivity index (χ2v) is 4.43. The van der Waals surface area contributed by atoms with E-state index in [2.05, 4.69) is 10.4 Å². The number of rotatable bonds is 5. The molecule has 1 amide bonds. The average Bonchev–Trinajstić information content (AvgIpc) is 3.04. The van der Waals surface area contributed by atoms with Crippen LogP contribution in [0.15, 0.2) is 28.9 Å². The molecule has 5 nitrogen and oxygen atoms in total. The molecule has 0 aliphatic carbocycles. The lowest BCUT2D eigenvalue weighted by molar-refractivity contribution is -0.124. The van der Waals surface area contributed by atoms with Crippen LogP contribution >= 0.6 is 0 Å². The predicted octanol–water partition coefficient (Wildman–Crippen LogP) is 2.60. The van der Waals surface area contributed by atoms with Crippen LogP contribution in [0, 0.1) is 6.92 Å². The molecular formula is C13H15F2N3O2. The zero-order valence-corrected chi connectivity index (χ0v) is 11.1. The van der Waals surface area contributed by atoms with Gasteiger partial charge in [0.1, 0.15) is 17.5 Å². The molecule has 0 aliphatic rings. The molecule has 7 heteroatoms. The SMILES string of the molecule is Cc1cc(C(F)F)nn1C(C)C(=O)NCc1ccco1. The molecule has 0 bridgehead atoms. The van der Waals surface area contributed by atoms with Crippen molar-refractivity contribution in [2.45, 2.75) is 32.9 Å². The summed E-state index contributed by atoms with van der Waals surface area (Å²) in [6, 6.07) is 4.06. The molecule has 0 radical (unpaired) electrons. The molecule has 0 aromatic carbocycles. The molecule has 0 aliphatic heterocycles. The van der Waals surface area contributed by atoms with Crippen molar-refractivity contribution in [3.8, 4) is 0 Å². The fraction of sp³-hybridized carbons (Fsp3) is 0.385. The van der Waals surface area contributed by atoms with Gasteiger partial charge in [0, 0.05) is 5.69 Å². The lowest BCUT2D eigenvalue weighted by atomic mass is 10.3. The number of halogens is 2. The smallest absolute Gasteiger partial charge is 0.282 e. The third kappa shape index (κ3) is 3.04. The van der Waals surface area contributed by atoms with Gasteiger partial charge in [0.05, 0.1) is 12.8 Å². The van der Waals surface area contributed by atoms with Crippen molar-refractivity contribution in [3.63, 3.8) is 0 Å². The van der Waals surface area contributed by atoms with Crippen molar-refractivity contribution in [2.24, 2.45) is 0 Å². The maximum absolute atomic E-state index is 12.6. The van der Waals surface area contributed by atoms with Crippen LogP contribution in [-0.2, 0) is 11.3 Å². The molecule has 2 heterocycles. The number of hydrogen-bond acceptors (Lipinski definition) is 3. The van der Waals surface area contributed by atoms with Crippen LogP contribution in [0.25, 0.3) is 0 Å². The molecule has 0 spiro atoms. The second kappa shape index (κ2) is 5.85. The molecule has 2 rings (SSSR count). The number of furan rings is 1. The maximum atomic E-state index is 12.6. The number of aryl methyl sites for hydroxylation is 1. The minimum atomic E-state index is -2.65. The molecule has 108 valence electrons. The van der Waals surface area contributed by atoms with E-state index in [-0.39, 0.29) is 18.1 Å². The largest absolute Gasteiger partial charge is 0.467 e. The van der Waals surface area contributed by atoms with E-state index >= 15 is 0 Å². The predicted molar refractivity (Wildman–Crippen MR) is 67.2 cm³/mol. The summed E-state index contributed by atoms with van der Waals surface area (Å²) in [6.45, 7) is 3.49. The Hall–Kier alpha value is -2.18. The number of alkyl halides is 2. The van der Waals surface area contributed by atoms with Gasteiger partial charge < -0.3 is 9.73 Å². The van der Waals surface area contributed by atoms with Gasteiger partial charge in [-0.25, -0.2) is 8.78 Å². The number of carbonyl (C=O) groups excluding carboxylic acids is 1. The van der Waals surface area contributed by atoms with Crippen LogP contribution in [0.3, 0.4) is 0 Å². The minimum absolute atomic E-state index is 0.248. The Labute approximate surface area is 114 Å². The Morgan fingerprint density at radius 3 is 2.85 bits per heavy atom. The summed E-state index contributed by atoms with van der Waals surface area (Å²) in [7, 11) is 0.